The number of benzene rings is 1. The first-order valence-electron chi connectivity index (χ1n) is 6.60. The first-order valence-corrected chi connectivity index (χ1v) is 7.85. The summed E-state index contributed by atoms with van der Waals surface area (Å²) in [6, 6.07) is 7.54. The van der Waals surface area contributed by atoms with E-state index in [1.54, 1.807) is 6.08 Å². The molecule has 0 radical (unpaired) electrons. The second kappa shape index (κ2) is 5.94. The number of phenolic OH excluding ortho intramolecular Hbond substituents is 1. The number of aromatic hydroxyl groups is 1. The molecular formula is C16H13ClN2O2S. The molecule has 4 nitrogen and oxygen atoms in total. The smallest absolute Gasteiger partial charge is 0.269 e. The lowest BCUT2D eigenvalue weighted by atomic mass is 10.1. The van der Waals surface area contributed by atoms with Gasteiger partial charge >= 0.3 is 0 Å². The van der Waals surface area contributed by atoms with Crippen LogP contribution in [0.2, 0.25) is 0 Å². The molecule has 0 atom stereocenters. The number of aryl methyl sites for hydroxylation is 2. The van der Waals surface area contributed by atoms with Crippen LogP contribution in [0.4, 0.5) is 0 Å². The highest BCUT2D eigenvalue weighted by atomic mass is 35.5. The number of aromatic nitrogens is 2. The van der Waals surface area contributed by atoms with Gasteiger partial charge in [0.05, 0.1) is 4.88 Å². The van der Waals surface area contributed by atoms with Crippen LogP contribution in [0.5, 0.6) is 5.75 Å². The summed E-state index contributed by atoms with van der Waals surface area (Å²) in [6.07, 6.45) is 1.74. The third-order valence-electron chi connectivity index (χ3n) is 3.18. The van der Waals surface area contributed by atoms with E-state index in [1.807, 2.05) is 43.5 Å². The fourth-order valence-electron chi connectivity index (χ4n) is 2.11. The van der Waals surface area contributed by atoms with Crippen molar-refractivity contribution in [2.75, 3.05) is 0 Å². The SMILES string of the molecule is Cc1cc(/C=C(/Cl)c2nc(-c3cccs3)no2)cc(C)c1O. The highest BCUT2D eigenvalue weighted by molar-refractivity contribution is 7.13. The van der Waals surface area contributed by atoms with E-state index in [4.69, 9.17) is 16.1 Å². The van der Waals surface area contributed by atoms with Crippen molar-refractivity contribution in [1.82, 2.24) is 10.1 Å². The molecule has 0 aliphatic carbocycles. The molecule has 1 N–H and O–H groups in total. The van der Waals surface area contributed by atoms with Gasteiger partial charge in [-0.05, 0) is 60.2 Å². The standard InChI is InChI=1S/C16H13ClN2O2S/c1-9-6-11(7-10(2)14(9)20)8-12(17)16-18-15(19-21-16)13-4-3-5-22-13/h3-8,20H,1-2H3/b12-8+. The molecule has 0 aliphatic heterocycles. The number of nitrogens with zero attached hydrogens (tertiary/aromatic N) is 2. The van der Waals surface area contributed by atoms with Crippen LogP contribution in [0.15, 0.2) is 34.2 Å². The van der Waals surface area contributed by atoms with Gasteiger partial charge in [0.1, 0.15) is 10.8 Å². The molecule has 3 rings (SSSR count). The fraction of sp³-hybridized carbons (Fsp3) is 0.125. The van der Waals surface area contributed by atoms with Gasteiger partial charge in [-0.25, -0.2) is 0 Å². The molecule has 3 aromatic rings. The lowest BCUT2D eigenvalue weighted by molar-refractivity contribution is 0.410. The summed E-state index contributed by atoms with van der Waals surface area (Å²) in [6.45, 7) is 3.68. The van der Waals surface area contributed by atoms with Crippen LogP contribution in [0, 0.1) is 13.8 Å². The van der Waals surface area contributed by atoms with Crippen molar-refractivity contribution < 1.29 is 9.63 Å². The molecule has 0 spiro atoms. The van der Waals surface area contributed by atoms with Gasteiger partial charge in [-0.2, -0.15) is 4.98 Å². The summed E-state index contributed by atoms with van der Waals surface area (Å²) in [5.41, 5.74) is 2.45. The monoisotopic (exact) mass is 332 g/mol. The third-order valence-corrected chi connectivity index (χ3v) is 4.32. The Morgan fingerprint density at radius 3 is 2.68 bits per heavy atom. The zero-order chi connectivity index (χ0) is 15.7. The van der Waals surface area contributed by atoms with Gasteiger partial charge in [0.15, 0.2) is 0 Å². The molecule has 22 heavy (non-hydrogen) atoms. The maximum absolute atomic E-state index is 9.80. The first-order chi connectivity index (χ1) is 10.5. The summed E-state index contributed by atoms with van der Waals surface area (Å²) in [7, 11) is 0. The molecule has 6 heteroatoms. The highest BCUT2D eigenvalue weighted by Gasteiger charge is 2.12. The molecule has 2 aromatic heterocycles. The topological polar surface area (TPSA) is 59.2 Å². The lowest BCUT2D eigenvalue weighted by Crippen LogP contribution is -1.84. The second-order valence-corrected chi connectivity index (χ2v) is 6.25. The van der Waals surface area contributed by atoms with Crippen LogP contribution in [0.3, 0.4) is 0 Å². The minimum atomic E-state index is 0.272. The first kappa shape index (κ1) is 14.8. The minimum absolute atomic E-state index is 0.272. The van der Waals surface area contributed by atoms with Gasteiger partial charge in [0.2, 0.25) is 5.82 Å². The Bertz CT molecular complexity index is 815. The van der Waals surface area contributed by atoms with E-state index in [1.165, 1.54) is 11.3 Å². The number of hydrogen-bond acceptors (Lipinski definition) is 5. The summed E-state index contributed by atoms with van der Waals surface area (Å²) < 4.78 is 5.20. The van der Waals surface area contributed by atoms with Crippen LogP contribution >= 0.6 is 22.9 Å². The fourth-order valence-corrected chi connectivity index (χ4v) is 2.96. The Balaban J connectivity index is 1.92. The Kier molecular flexibility index (Phi) is 4.00. The third kappa shape index (κ3) is 2.91. The average Bonchev–Trinajstić information content (AvgIpc) is 3.15. The zero-order valence-electron chi connectivity index (χ0n) is 12.0. The summed E-state index contributed by atoms with van der Waals surface area (Å²) >= 11 is 7.80. The number of thiophene rings is 1. The second-order valence-electron chi connectivity index (χ2n) is 4.90. The quantitative estimate of drug-likeness (QED) is 0.744. The number of halogens is 1. The molecule has 0 saturated carbocycles. The Labute approximate surface area is 136 Å². The Morgan fingerprint density at radius 2 is 2.05 bits per heavy atom. The van der Waals surface area contributed by atoms with E-state index >= 15 is 0 Å². The van der Waals surface area contributed by atoms with Crippen LogP contribution < -0.4 is 0 Å². The largest absolute Gasteiger partial charge is 0.507 e. The van der Waals surface area contributed by atoms with Crippen molar-refractivity contribution in [3.8, 4) is 16.5 Å². The molecule has 0 fully saturated rings. The molecule has 0 bridgehead atoms. The summed E-state index contributed by atoms with van der Waals surface area (Å²) in [5, 5.41) is 16.0. The molecule has 0 amide bonds. The average molecular weight is 333 g/mol. The maximum atomic E-state index is 9.80. The zero-order valence-corrected chi connectivity index (χ0v) is 13.6. The van der Waals surface area contributed by atoms with E-state index in [0.29, 0.717) is 16.6 Å². The van der Waals surface area contributed by atoms with Crippen LogP contribution in [-0.2, 0) is 0 Å². The van der Waals surface area contributed by atoms with E-state index in [0.717, 1.165) is 21.6 Å². The number of rotatable bonds is 3. The van der Waals surface area contributed by atoms with Gasteiger partial charge in [-0.3, -0.25) is 0 Å². The predicted octanol–water partition coefficient (Wildman–Crippen LogP) is 4.86. The van der Waals surface area contributed by atoms with E-state index in [2.05, 4.69) is 10.1 Å². The molecule has 0 unspecified atom stereocenters. The van der Waals surface area contributed by atoms with Crippen molar-refractivity contribution in [2.45, 2.75) is 13.8 Å². The van der Waals surface area contributed by atoms with E-state index in [9.17, 15) is 5.11 Å². The predicted molar refractivity (Wildman–Crippen MR) is 88.9 cm³/mol. The molecule has 0 aliphatic rings. The van der Waals surface area contributed by atoms with Gasteiger partial charge in [-0.15, -0.1) is 11.3 Å². The van der Waals surface area contributed by atoms with Crippen molar-refractivity contribution in [3.05, 3.63) is 52.2 Å². The molecular weight excluding hydrogens is 320 g/mol. The van der Waals surface area contributed by atoms with Gasteiger partial charge in [0, 0.05) is 0 Å². The normalized spacial score (nSPS) is 11.9. The summed E-state index contributed by atoms with van der Waals surface area (Å²) in [4.78, 5) is 5.22. The molecule has 0 saturated heterocycles. The van der Waals surface area contributed by atoms with Crippen molar-refractivity contribution in [2.24, 2.45) is 0 Å². The van der Waals surface area contributed by atoms with Crippen molar-refractivity contribution in [1.29, 1.82) is 0 Å². The van der Waals surface area contributed by atoms with Gasteiger partial charge in [-0.1, -0.05) is 22.8 Å². The molecule has 112 valence electrons. The van der Waals surface area contributed by atoms with Crippen LogP contribution in [-0.4, -0.2) is 15.2 Å². The van der Waals surface area contributed by atoms with Crippen LogP contribution in [0.1, 0.15) is 22.6 Å². The summed E-state index contributed by atoms with van der Waals surface area (Å²) in [5.74, 6) is 1.09. The highest BCUT2D eigenvalue weighted by Crippen LogP contribution is 2.28. The minimum Gasteiger partial charge on any atom is -0.507 e. The molecule has 2 heterocycles. The number of phenols is 1. The van der Waals surface area contributed by atoms with E-state index < -0.39 is 0 Å². The van der Waals surface area contributed by atoms with Gasteiger partial charge in [0.25, 0.3) is 5.89 Å². The Morgan fingerprint density at radius 1 is 1.32 bits per heavy atom. The van der Waals surface area contributed by atoms with Crippen molar-refractivity contribution in [3.63, 3.8) is 0 Å². The Hall–Kier alpha value is -2.11. The number of hydrogen-bond donors (Lipinski definition) is 1. The van der Waals surface area contributed by atoms with Gasteiger partial charge < -0.3 is 9.63 Å². The lowest BCUT2D eigenvalue weighted by Gasteiger charge is -2.04. The van der Waals surface area contributed by atoms with Crippen molar-refractivity contribution >= 4 is 34.0 Å². The van der Waals surface area contributed by atoms with E-state index in [-0.39, 0.29) is 5.89 Å². The van der Waals surface area contributed by atoms with Crippen LogP contribution in [0.25, 0.3) is 21.8 Å². The molecule has 1 aromatic carbocycles. The maximum Gasteiger partial charge on any atom is 0.269 e.